The van der Waals surface area contributed by atoms with E-state index in [0.717, 1.165) is 49.4 Å². The molecule has 0 heterocycles. The summed E-state index contributed by atoms with van der Waals surface area (Å²) in [5.74, 6) is 2.83. The first-order chi connectivity index (χ1) is 17.5. The van der Waals surface area contributed by atoms with Crippen LogP contribution in [0.4, 0.5) is 8.78 Å². The van der Waals surface area contributed by atoms with Crippen molar-refractivity contribution in [3.63, 3.8) is 0 Å². The Bertz CT molecular complexity index is 833. The Kier molecular flexibility index (Phi) is 10.1. The second kappa shape index (κ2) is 13.3. The van der Waals surface area contributed by atoms with Gasteiger partial charge in [-0.15, -0.1) is 0 Å². The van der Waals surface area contributed by atoms with Crippen LogP contribution in [0.5, 0.6) is 11.5 Å². The van der Waals surface area contributed by atoms with Crippen LogP contribution < -0.4 is 9.47 Å². The van der Waals surface area contributed by atoms with Crippen molar-refractivity contribution in [2.24, 2.45) is 41.4 Å². The number of allylic oxidation sites excluding steroid dienone is 1. The molecule has 2 unspecified atom stereocenters. The van der Waals surface area contributed by atoms with Crippen LogP contribution in [0.3, 0.4) is 0 Å². The van der Waals surface area contributed by atoms with Crippen LogP contribution in [0, 0.1) is 53.1 Å². The summed E-state index contributed by atoms with van der Waals surface area (Å²) in [7, 11) is 0. The van der Waals surface area contributed by atoms with Gasteiger partial charge < -0.3 is 9.47 Å². The molecule has 2 nitrogen and oxygen atoms in total. The summed E-state index contributed by atoms with van der Waals surface area (Å²) in [6.07, 6.45) is 19.4. The maximum Gasteiger partial charge on any atom is 0.204 e. The third-order valence-electron chi connectivity index (χ3n) is 9.71. The van der Waals surface area contributed by atoms with E-state index in [0.29, 0.717) is 25.0 Å². The molecule has 0 spiro atoms. The molecular formula is C32H48F2O2. The van der Waals surface area contributed by atoms with Crippen molar-refractivity contribution < 1.29 is 18.3 Å². The Hall–Kier alpha value is -1.58. The van der Waals surface area contributed by atoms with Crippen LogP contribution in [0.15, 0.2) is 24.3 Å². The van der Waals surface area contributed by atoms with Gasteiger partial charge in [0.25, 0.3) is 0 Å². The molecule has 3 aliphatic carbocycles. The number of benzene rings is 1. The van der Waals surface area contributed by atoms with Crippen molar-refractivity contribution in [3.8, 4) is 11.5 Å². The number of hydrogen-bond donors (Lipinski definition) is 0. The van der Waals surface area contributed by atoms with Gasteiger partial charge in [0, 0.05) is 5.92 Å². The van der Waals surface area contributed by atoms with E-state index in [4.69, 9.17) is 9.47 Å². The monoisotopic (exact) mass is 502 g/mol. The zero-order valence-electron chi connectivity index (χ0n) is 22.8. The van der Waals surface area contributed by atoms with E-state index in [2.05, 4.69) is 32.9 Å². The standard InChI is InChI=1S/C32H48F2O2/c1-4-25(5-2)26-14-8-23(9-15-26)20-35-29-18-19-30(32(34)31(29)33)36-21-24-10-16-28(17-11-24)27-12-6-22(3)7-13-27/h8,14,18-19,22-28H,4-7,9-13,15-17,20-21H2,1-3H3. The van der Waals surface area contributed by atoms with Crippen LogP contribution in [0.2, 0.25) is 0 Å². The summed E-state index contributed by atoms with van der Waals surface area (Å²) in [5, 5.41) is 0. The summed E-state index contributed by atoms with van der Waals surface area (Å²) in [5.41, 5.74) is 0. The summed E-state index contributed by atoms with van der Waals surface area (Å²) in [6, 6.07) is 3.05. The molecule has 0 N–H and O–H groups in total. The van der Waals surface area contributed by atoms with Crippen molar-refractivity contribution in [2.45, 2.75) is 97.8 Å². The minimum Gasteiger partial charge on any atom is -0.490 e. The molecule has 36 heavy (non-hydrogen) atoms. The quantitative estimate of drug-likeness (QED) is 0.297. The third-order valence-corrected chi connectivity index (χ3v) is 9.71. The Morgan fingerprint density at radius 1 is 0.722 bits per heavy atom. The lowest BCUT2D eigenvalue weighted by atomic mass is 9.69. The molecule has 0 aromatic heterocycles. The lowest BCUT2D eigenvalue weighted by Gasteiger charge is -2.37. The molecule has 2 saturated carbocycles. The molecule has 0 amide bonds. The first kappa shape index (κ1) is 27.5. The molecule has 1 aromatic carbocycles. The Morgan fingerprint density at radius 2 is 1.28 bits per heavy atom. The molecule has 2 atom stereocenters. The molecule has 2 fully saturated rings. The van der Waals surface area contributed by atoms with E-state index in [1.807, 2.05) is 0 Å². The topological polar surface area (TPSA) is 18.5 Å². The second-order valence-electron chi connectivity index (χ2n) is 12.1. The van der Waals surface area contributed by atoms with Gasteiger partial charge in [0.2, 0.25) is 11.6 Å². The summed E-state index contributed by atoms with van der Waals surface area (Å²) < 4.78 is 41.0. The largest absolute Gasteiger partial charge is 0.490 e. The van der Waals surface area contributed by atoms with E-state index in [1.165, 1.54) is 63.5 Å². The van der Waals surface area contributed by atoms with Crippen molar-refractivity contribution in [1.82, 2.24) is 0 Å². The maximum atomic E-state index is 14.7. The van der Waals surface area contributed by atoms with Crippen LogP contribution in [0.1, 0.15) is 97.8 Å². The van der Waals surface area contributed by atoms with E-state index >= 15 is 0 Å². The first-order valence-corrected chi connectivity index (χ1v) is 14.9. The lowest BCUT2D eigenvalue weighted by molar-refractivity contribution is 0.124. The number of halogens is 2. The minimum atomic E-state index is -0.933. The lowest BCUT2D eigenvalue weighted by Crippen LogP contribution is -2.27. The Labute approximate surface area is 218 Å². The van der Waals surface area contributed by atoms with Crippen LogP contribution in [0.25, 0.3) is 0 Å². The normalized spacial score (nSPS) is 30.9. The summed E-state index contributed by atoms with van der Waals surface area (Å²) in [4.78, 5) is 0. The highest BCUT2D eigenvalue weighted by atomic mass is 19.2. The number of hydrogen-bond acceptors (Lipinski definition) is 2. The fourth-order valence-corrected chi connectivity index (χ4v) is 7.05. The molecule has 1 aromatic rings. The van der Waals surface area contributed by atoms with Gasteiger partial charge in [-0.05, 0) is 99.0 Å². The Balaban J connectivity index is 1.21. The predicted molar refractivity (Wildman–Crippen MR) is 143 cm³/mol. The molecule has 4 heteroatoms. The predicted octanol–water partition coefficient (Wildman–Crippen LogP) is 9.37. The minimum absolute atomic E-state index is 0.00817. The molecule has 3 aliphatic rings. The molecule has 0 bridgehead atoms. The fraction of sp³-hybridized carbons (Fsp3) is 0.750. The van der Waals surface area contributed by atoms with Crippen LogP contribution >= 0.6 is 0 Å². The smallest absolute Gasteiger partial charge is 0.204 e. The van der Waals surface area contributed by atoms with Gasteiger partial charge in [-0.1, -0.05) is 58.6 Å². The van der Waals surface area contributed by atoms with Gasteiger partial charge in [0.05, 0.1) is 13.2 Å². The SMILES string of the molecule is CCC(CC)C1C=CC(COc2ccc(OCC3CCC(C4CCC(C)CC4)CC3)c(F)c2F)CC1. The molecule has 202 valence electrons. The van der Waals surface area contributed by atoms with Crippen LogP contribution in [-0.2, 0) is 0 Å². The van der Waals surface area contributed by atoms with Crippen molar-refractivity contribution in [1.29, 1.82) is 0 Å². The van der Waals surface area contributed by atoms with E-state index in [9.17, 15) is 8.78 Å². The van der Waals surface area contributed by atoms with Gasteiger partial charge in [0.15, 0.2) is 11.5 Å². The highest BCUT2D eigenvalue weighted by Gasteiger charge is 2.30. The van der Waals surface area contributed by atoms with Crippen molar-refractivity contribution in [3.05, 3.63) is 35.9 Å². The maximum absolute atomic E-state index is 14.7. The molecule has 0 aliphatic heterocycles. The fourth-order valence-electron chi connectivity index (χ4n) is 7.05. The zero-order chi connectivity index (χ0) is 25.5. The van der Waals surface area contributed by atoms with E-state index in [1.54, 1.807) is 0 Å². The Morgan fingerprint density at radius 3 is 1.81 bits per heavy atom. The van der Waals surface area contributed by atoms with Crippen molar-refractivity contribution >= 4 is 0 Å². The van der Waals surface area contributed by atoms with Gasteiger partial charge in [-0.3, -0.25) is 0 Å². The highest BCUT2D eigenvalue weighted by Crippen LogP contribution is 2.41. The van der Waals surface area contributed by atoms with E-state index < -0.39 is 11.6 Å². The van der Waals surface area contributed by atoms with Gasteiger partial charge in [-0.2, -0.15) is 8.78 Å². The zero-order valence-corrected chi connectivity index (χ0v) is 22.8. The van der Waals surface area contributed by atoms with Gasteiger partial charge in [0.1, 0.15) is 0 Å². The van der Waals surface area contributed by atoms with Gasteiger partial charge in [-0.25, -0.2) is 0 Å². The molecule has 4 rings (SSSR count). The number of ether oxygens (including phenoxy) is 2. The van der Waals surface area contributed by atoms with Gasteiger partial charge >= 0.3 is 0 Å². The van der Waals surface area contributed by atoms with Crippen LogP contribution in [-0.4, -0.2) is 13.2 Å². The highest BCUT2D eigenvalue weighted by molar-refractivity contribution is 5.35. The molecule has 0 saturated heterocycles. The third kappa shape index (κ3) is 7.04. The summed E-state index contributed by atoms with van der Waals surface area (Å²) in [6.45, 7) is 7.74. The average Bonchev–Trinajstić information content (AvgIpc) is 2.91. The summed E-state index contributed by atoms with van der Waals surface area (Å²) >= 11 is 0. The van der Waals surface area contributed by atoms with E-state index in [-0.39, 0.29) is 17.4 Å². The molecular weight excluding hydrogens is 454 g/mol. The average molecular weight is 503 g/mol. The number of rotatable bonds is 10. The first-order valence-electron chi connectivity index (χ1n) is 14.9. The van der Waals surface area contributed by atoms with Crippen molar-refractivity contribution in [2.75, 3.05) is 13.2 Å². The molecule has 0 radical (unpaired) electrons. The second-order valence-corrected chi connectivity index (χ2v) is 12.1.